The van der Waals surface area contributed by atoms with E-state index in [9.17, 15) is 9.59 Å². The standard InChI is InChI=1S/C36H30N4O4/c1-21-19-27(15-17-29(21)37-35(41)31-23(3)43-39-33(31)25-11-7-5-8-12-25)28-16-18-30(22(2)20-28)38-36(42)32-24(4)44-40-34(32)26-13-9-6-10-14-26/h5-20H,1-4H3,(H,37,41)(H,38,42). The Hall–Kier alpha value is -5.76. The Morgan fingerprint density at radius 1 is 0.523 bits per heavy atom. The first-order valence-corrected chi connectivity index (χ1v) is 14.2. The highest BCUT2D eigenvalue weighted by molar-refractivity contribution is 6.10. The van der Waals surface area contributed by atoms with Crippen LogP contribution in [-0.4, -0.2) is 22.1 Å². The molecular weight excluding hydrogens is 552 g/mol. The third-order valence-electron chi connectivity index (χ3n) is 7.56. The predicted octanol–water partition coefficient (Wildman–Crippen LogP) is 8.40. The van der Waals surface area contributed by atoms with Crippen LogP contribution in [0.1, 0.15) is 43.4 Å². The van der Waals surface area contributed by atoms with E-state index in [0.717, 1.165) is 33.4 Å². The highest BCUT2D eigenvalue weighted by Gasteiger charge is 2.23. The molecule has 0 spiro atoms. The molecule has 0 atom stereocenters. The zero-order valence-corrected chi connectivity index (χ0v) is 24.8. The molecule has 0 aliphatic heterocycles. The van der Waals surface area contributed by atoms with Crippen molar-refractivity contribution in [2.75, 3.05) is 10.6 Å². The van der Waals surface area contributed by atoms with Crippen molar-refractivity contribution >= 4 is 23.2 Å². The van der Waals surface area contributed by atoms with E-state index in [2.05, 4.69) is 20.9 Å². The predicted molar refractivity (Wildman–Crippen MR) is 171 cm³/mol. The highest BCUT2D eigenvalue weighted by atomic mass is 16.5. The normalized spacial score (nSPS) is 10.9. The number of amides is 2. The van der Waals surface area contributed by atoms with Crippen LogP contribution in [0.25, 0.3) is 33.6 Å². The van der Waals surface area contributed by atoms with E-state index < -0.39 is 0 Å². The molecule has 44 heavy (non-hydrogen) atoms. The second-order valence-corrected chi connectivity index (χ2v) is 10.6. The number of anilines is 2. The van der Waals surface area contributed by atoms with E-state index >= 15 is 0 Å². The number of nitrogens with zero attached hydrogens (tertiary/aromatic N) is 2. The number of nitrogens with one attached hydrogen (secondary N) is 2. The summed E-state index contributed by atoms with van der Waals surface area (Å²) in [6.07, 6.45) is 0. The van der Waals surface area contributed by atoms with Crippen LogP contribution in [0.4, 0.5) is 11.4 Å². The van der Waals surface area contributed by atoms with Gasteiger partial charge in [0.15, 0.2) is 0 Å². The number of carbonyl (C=O) groups is 2. The Labute approximate surface area is 254 Å². The van der Waals surface area contributed by atoms with Gasteiger partial charge in [0.05, 0.1) is 0 Å². The zero-order chi connectivity index (χ0) is 30.8. The maximum Gasteiger partial charge on any atom is 0.261 e. The molecule has 6 aromatic rings. The first kappa shape index (κ1) is 28.4. The molecule has 0 bridgehead atoms. The smallest absolute Gasteiger partial charge is 0.261 e. The average Bonchev–Trinajstić information content (AvgIpc) is 3.62. The van der Waals surface area contributed by atoms with Crippen molar-refractivity contribution in [3.63, 3.8) is 0 Å². The van der Waals surface area contributed by atoms with Crippen molar-refractivity contribution < 1.29 is 18.6 Å². The number of hydrogen-bond donors (Lipinski definition) is 2. The number of rotatable bonds is 7. The minimum absolute atomic E-state index is 0.284. The molecule has 8 nitrogen and oxygen atoms in total. The Bertz CT molecular complexity index is 1850. The summed E-state index contributed by atoms with van der Waals surface area (Å²) >= 11 is 0. The van der Waals surface area contributed by atoms with Gasteiger partial charge in [-0.15, -0.1) is 0 Å². The lowest BCUT2D eigenvalue weighted by Crippen LogP contribution is -2.14. The van der Waals surface area contributed by atoms with Gasteiger partial charge in [-0.05, 0) is 74.2 Å². The van der Waals surface area contributed by atoms with Crippen molar-refractivity contribution in [2.24, 2.45) is 0 Å². The largest absolute Gasteiger partial charge is 0.360 e. The molecule has 4 aromatic carbocycles. The summed E-state index contributed by atoms with van der Waals surface area (Å²) in [4.78, 5) is 26.6. The molecule has 2 N–H and O–H groups in total. The monoisotopic (exact) mass is 582 g/mol. The van der Waals surface area contributed by atoms with Gasteiger partial charge in [0.2, 0.25) is 0 Å². The lowest BCUT2D eigenvalue weighted by molar-refractivity contribution is 0.101. The van der Waals surface area contributed by atoms with Crippen LogP contribution in [0.2, 0.25) is 0 Å². The molecule has 0 fully saturated rings. The maximum absolute atomic E-state index is 13.3. The van der Waals surface area contributed by atoms with Crippen LogP contribution in [-0.2, 0) is 0 Å². The second-order valence-electron chi connectivity index (χ2n) is 10.6. The quantitative estimate of drug-likeness (QED) is 0.196. The van der Waals surface area contributed by atoms with Crippen molar-refractivity contribution in [1.82, 2.24) is 10.3 Å². The molecule has 0 aliphatic carbocycles. The summed E-state index contributed by atoms with van der Waals surface area (Å²) in [6.45, 7) is 7.36. The van der Waals surface area contributed by atoms with Gasteiger partial charge in [-0.3, -0.25) is 9.59 Å². The Morgan fingerprint density at radius 2 is 0.909 bits per heavy atom. The Kier molecular flexibility index (Phi) is 7.64. The average molecular weight is 583 g/mol. The molecule has 0 radical (unpaired) electrons. The highest BCUT2D eigenvalue weighted by Crippen LogP contribution is 2.31. The second kappa shape index (κ2) is 11.9. The topological polar surface area (TPSA) is 110 Å². The molecule has 8 heteroatoms. The van der Waals surface area contributed by atoms with E-state index in [4.69, 9.17) is 9.05 Å². The summed E-state index contributed by atoms with van der Waals surface area (Å²) in [6, 6.07) is 30.7. The van der Waals surface area contributed by atoms with Gasteiger partial charge in [-0.2, -0.15) is 0 Å². The first-order valence-electron chi connectivity index (χ1n) is 14.2. The number of aryl methyl sites for hydroxylation is 4. The summed E-state index contributed by atoms with van der Waals surface area (Å²) in [7, 11) is 0. The Balaban J connectivity index is 1.19. The lowest BCUT2D eigenvalue weighted by atomic mass is 9.99. The number of hydrogen-bond acceptors (Lipinski definition) is 6. The van der Waals surface area contributed by atoms with Crippen LogP contribution >= 0.6 is 0 Å². The van der Waals surface area contributed by atoms with Crippen LogP contribution in [0.3, 0.4) is 0 Å². The molecule has 0 aliphatic rings. The van der Waals surface area contributed by atoms with Gasteiger partial charge in [0.1, 0.15) is 34.0 Å². The van der Waals surface area contributed by atoms with E-state index in [1.54, 1.807) is 13.8 Å². The van der Waals surface area contributed by atoms with Gasteiger partial charge in [0, 0.05) is 22.5 Å². The van der Waals surface area contributed by atoms with E-state index in [0.29, 0.717) is 45.4 Å². The third-order valence-corrected chi connectivity index (χ3v) is 7.56. The van der Waals surface area contributed by atoms with Gasteiger partial charge in [0.25, 0.3) is 11.8 Å². The fraction of sp³-hybridized carbons (Fsp3) is 0.111. The first-order chi connectivity index (χ1) is 21.3. The lowest BCUT2D eigenvalue weighted by Gasteiger charge is -2.13. The minimum Gasteiger partial charge on any atom is -0.360 e. The Morgan fingerprint density at radius 3 is 1.27 bits per heavy atom. The van der Waals surface area contributed by atoms with Crippen molar-refractivity contribution in [3.05, 3.63) is 131 Å². The molecular formula is C36H30N4O4. The molecule has 6 rings (SSSR count). The van der Waals surface area contributed by atoms with Crippen LogP contribution in [0.5, 0.6) is 0 Å². The number of carbonyl (C=O) groups excluding carboxylic acids is 2. The van der Waals surface area contributed by atoms with Gasteiger partial charge in [-0.25, -0.2) is 0 Å². The summed E-state index contributed by atoms with van der Waals surface area (Å²) < 4.78 is 10.7. The summed E-state index contributed by atoms with van der Waals surface area (Å²) in [5, 5.41) is 14.3. The third kappa shape index (κ3) is 5.53. The maximum atomic E-state index is 13.3. The van der Waals surface area contributed by atoms with Crippen molar-refractivity contribution in [3.8, 4) is 33.6 Å². The van der Waals surface area contributed by atoms with E-state index in [1.807, 2.05) is 111 Å². The summed E-state index contributed by atoms with van der Waals surface area (Å²) in [5.41, 5.74) is 8.60. The number of benzene rings is 4. The molecule has 0 saturated heterocycles. The molecule has 2 aromatic heterocycles. The summed E-state index contributed by atoms with van der Waals surface area (Å²) in [5.74, 6) is 0.336. The van der Waals surface area contributed by atoms with Gasteiger partial charge >= 0.3 is 0 Å². The molecule has 0 saturated carbocycles. The van der Waals surface area contributed by atoms with Gasteiger partial charge in [-0.1, -0.05) is 83.1 Å². The van der Waals surface area contributed by atoms with Crippen LogP contribution in [0.15, 0.2) is 106 Å². The SMILES string of the molecule is Cc1cc(-c2ccc(NC(=O)c3c(-c4ccccc4)noc3C)c(C)c2)ccc1NC(=O)c1c(-c2ccccc2)noc1C. The van der Waals surface area contributed by atoms with Crippen molar-refractivity contribution in [2.45, 2.75) is 27.7 Å². The molecule has 2 heterocycles. The van der Waals surface area contributed by atoms with Gasteiger partial charge < -0.3 is 19.7 Å². The zero-order valence-electron chi connectivity index (χ0n) is 24.8. The van der Waals surface area contributed by atoms with Crippen LogP contribution in [0, 0.1) is 27.7 Å². The van der Waals surface area contributed by atoms with E-state index in [1.165, 1.54) is 0 Å². The number of aromatic nitrogens is 2. The molecule has 2 amide bonds. The molecule has 0 unspecified atom stereocenters. The fourth-order valence-corrected chi connectivity index (χ4v) is 5.20. The van der Waals surface area contributed by atoms with E-state index in [-0.39, 0.29) is 11.8 Å². The minimum atomic E-state index is -0.284. The van der Waals surface area contributed by atoms with Crippen molar-refractivity contribution in [1.29, 1.82) is 0 Å². The fourth-order valence-electron chi connectivity index (χ4n) is 5.20. The molecule has 218 valence electrons. The van der Waals surface area contributed by atoms with Crippen LogP contribution < -0.4 is 10.6 Å².